The molecule has 2 aromatic rings. The SMILES string of the molecule is CCOc1cc(C(=O)N(C)CCc2ccccn2)c([N+](=O)[O-])cc1OC. The fourth-order valence-corrected chi connectivity index (χ4v) is 2.43. The second-order valence-electron chi connectivity index (χ2n) is 5.51. The van der Waals surface area contributed by atoms with Crippen molar-refractivity contribution in [2.45, 2.75) is 13.3 Å². The van der Waals surface area contributed by atoms with Crippen molar-refractivity contribution in [3.8, 4) is 11.5 Å². The molecule has 8 heteroatoms. The van der Waals surface area contributed by atoms with Gasteiger partial charge in [-0.3, -0.25) is 19.9 Å². The molecule has 1 aromatic heterocycles. The molecule has 26 heavy (non-hydrogen) atoms. The highest BCUT2D eigenvalue weighted by Gasteiger charge is 2.26. The van der Waals surface area contributed by atoms with Crippen LogP contribution in [-0.4, -0.2) is 48.0 Å². The van der Waals surface area contributed by atoms with Crippen molar-refractivity contribution in [2.75, 3.05) is 27.3 Å². The van der Waals surface area contributed by atoms with E-state index in [4.69, 9.17) is 9.47 Å². The third-order valence-corrected chi connectivity index (χ3v) is 3.79. The van der Waals surface area contributed by atoms with Gasteiger partial charge in [0.15, 0.2) is 11.5 Å². The maximum atomic E-state index is 12.8. The number of nitro benzene ring substituents is 1. The summed E-state index contributed by atoms with van der Waals surface area (Å²) in [5.74, 6) is 0.0459. The first-order chi connectivity index (χ1) is 12.5. The molecular weight excluding hydrogens is 338 g/mol. The molecule has 1 heterocycles. The Morgan fingerprint density at radius 1 is 1.31 bits per heavy atom. The van der Waals surface area contributed by atoms with Gasteiger partial charge in [0, 0.05) is 38.0 Å². The fourth-order valence-electron chi connectivity index (χ4n) is 2.43. The van der Waals surface area contributed by atoms with E-state index < -0.39 is 10.8 Å². The van der Waals surface area contributed by atoms with Gasteiger partial charge in [0.25, 0.3) is 11.6 Å². The van der Waals surface area contributed by atoms with Crippen LogP contribution in [0.4, 0.5) is 5.69 Å². The second-order valence-corrected chi connectivity index (χ2v) is 5.51. The van der Waals surface area contributed by atoms with E-state index in [0.717, 1.165) is 5.69 Å². The molecule has 0 aliphatic rings. The fraction of sp³-hybridized carbons (Fsp3) is 0.333. The molecule has 2 rings (SSSR count). The molecule has 0 atom stereocenters. The summed E-state index contributed by atoms with van der Waals surface area (Å²) < 4.78 is 10.6. The lowest BCUT2D eigenvalue weighted by Crippen LogP contribution is -2.29. The van der Waals surface area contributed by atoms with E-state index in [9.17, 15) is 14.9 Å². The van der Waals surface area contributed by atoms with Crippen LogP contribution in [0.3, 0.4) is 0 Å². The molecule has 0 aliphatic carbocycles. The number of methoxy groups -OCH3 is 1. The lowest BCUT2D eigenvalue weighted by Gasteiger charge is -2.18. The highest BCUT2D eigenvalue weighted by Crippen LogP contribution is 2.35. The third kappa shape index (κ3) is 4.47. The molecule has 0 N–H and O–H groups in total. The zero-order valence-electron chi connectivity index (χ0n) is 15.0. The Bertz CT molecular complexity index is 780. The van der Waals surface area contributed by atoms with Crippen molar-refractivity contribution in [1.82, 2.24) is 9.88 Å². The summed E-state index contributed by atoms with van der Waals surface area (Å²) in [6, 6.07) is 8.12. The molecule has 1 aromatic carbocycles. The summed E-state index contributed by atoms with van der Waals surface area (Å²) in [4.78, 5) is 29.2. The Kier molecular flexibility index (Phi) is 6.48. The van der Waals surface area contributed by atoms with Crippen LogP contribution in [0.5, 0.6) is 11.5 Å². The molecule has 0 radical (unpaired) electrons. The van der Waals surface area contributed by atoms with Crippen LogP contribution in [0.1, 0.15) is 23.0 Å². The van der Waals surface area contributed by atoms with Gasteiger partial charge in [-0.2, -0.15) is 0 Å². The first-order valence-corrected chi connectivity index (χ1v) is 8.12. The van der Waals surface area contributed by atoms with Crippen LogP contribution < -0.4 is 9.47 Å². The summed E-state index contributed by atoms with van der Waals surface area (Å²) >= 11 is 0. The number of benzene rings is 1. The lowest BCUT2D eigenvalue weighted by molar-refractivity contribution is -0.385. The quantitative estimate of drug-likeness (QED) is 0.531. The summed E-state index contributed by atoms with van der Waals surface area (Å²) in [6.07, 6.45) is 2.23. The molecule has 8 nitrogen and oxygen atoms in total. The molecule has 0 unspecified atom stereocenters. The van der Waals surface area contributed by atoms with E-state index in [0.29, 0.717) is 25.3 Å². The van der Waals surface area contributed by atoms with Gasteiger partial charge >= 0.3 is 0 Å². The molecule has 0 aliphatic heterocycles. The maximum absolute atomic E-state index is 12.8. The number of likely N-dealkylation sites (N-methyl/N-ethyl adjacent to an activating group) is 1. The molecule has 138 valence electrons. The minimum atomic E-state index is -0.599. The number of hydrogen-bond donors (Lipinski definition) is 0. The van der Waals surface area contributed by atoms with Crippen LogP contribution in [-0.2, 0) is 6.42 Å². The van der Waals surface area contributed by atoms with Crippen molar-refractivity contribution in [2.24, 2.45) is 0 Å². The normalized spacial score (nSPS) is 10.3. The smallest absolute Gasteiger partial charge is 0.286 e. The van der Waals surface area contributed by atoms with Gasteiger partial charge in [0.2, 0.25) is 0 Å². The Morgan fingerprint density at radius 2 is 2.08 bits per heavy atom. The molecule has 0 bridgehead atoms. The van der Waals surface area contributed by atoms with Crippen LogP contribution in [0.2, 0.25) is 0 Å². The van der Waals surface area contributed by atoms with Crippen LogP contribution in [0.25, 0.3) is 0 Å². The molecule has 1 amide bonds. The Balaban J connectivity index is 2.27. The summed E-state index contributed by atoms with van der Waals surface area (Å²) in [5, 5.41) is 11.4. The summed E-state index contributed by atoms with van der Waals surface area (Å²) in [6.45, 7) is 2.50. The number of hydrogen-bond acceptors (Lipinski definition) is 6. The second kappa shape index (κ2) is 8.80. The Labute approximate surface area is 151 Å². The van der Waals surface area contributed by atoms with Crippen molar-refractivity contribution in [1.29, 1.82) is 0 Å². The number of amides is 1. The van der Waals surface area contributed by atoms with E-state index in [1.807, 2.05) is 18.2 Å². The van der Waals surface area contributed by atoms with Gasteiger partial charge < -0.3 is 14.4 Å². The highest BCUT2D eigenvalue weighted by atomic mass is 16.6. The van der Waals surface area contributed by atoms with E-state index in [-0.39, 0.29) is 17.0 Å². The Hall–Kier alpha value is -3.16. The minimum Gasteiger partial charge on any atom is -0.493 e. The van der Waals surface area contributed by atoms with Crippen molar-refractivity contribution in [3.05, 3.63) is 57.9 Å². The van der Waals surface area contributed by atoms with Gasteiger partial charge in [-0.1, -0.05) is 6.07 Å². The van der Waals surface area contributed by atoms with Crippen LogP contribution in [0, 0.1) is 10.1 Å². The zero-order chi connectivity index (χ0) is 19.1. The van der Waals surface area contributed by atoms with Gasteiger partial charge in [-0.25, -0.2) is 0 Å². The number of nitro groups is 1. The average Bonchev–Trinajstić information content (AvgIpc) is 2.66. The number of nitrogens with zero attached hydrogens (tertiary/aromatic N) is 3. The minimum absolute atomic E-state index is 0.0391. The summed E-state index contributed by atoms with van der Waals surface area (Å²) in [7, 11) is 2.99. The zero-order valence-corrected chi connectivity index (χ0v) is 15.0. The van der Waals surface area contributed by atoms with E-state index in [1.54, 1.807) is 20.2 Å². The molecular formula is C18H21N3O5. The lowest BCUT2D eigenvalue weighted by atomic mass is 10.1. The van der Waals surface area contributed by atoms with Gasteiger partial charge in [0.05, 0.1) is 24.7 Å². The predicted octanol–water partition coefficient (Wildman–Crippen LogP) is 2.71. The first kappa shape index (κ1) is 19.2. The number of carbonyl (C=O) groups excluding carboxylic acids is 1. The molecule has 0 saturated carbocycles. The highest BCUT2D eigenvalue weighted by molar-refractivity contribution is 5.99. The van der Waals surface area contributed by atoms with Gasteiger partial charge in [-0.05, 0) is 19.1 Å². The topological polar surface area (TPSA) is 94.8 Å². The number of aromatic nitrogens is 1. The predicted molar refractivity (Wildman–Crippen MR) is 95.7 cm³/mol. The van der Waals surface area contributed by atoms with Crippen LogP contribution in [0.15, 0.2) is 36.5 Å². The van der Waals surface area contributed by atoms with E-state index in [2.05, 4.69) is 4.98 Å². The Morgan fingerprint density at radius 3 is 2.65 bits per heavy atom. The van der Waals surface area contributed by atoms with Crippen LogP contribution >= 0.6 is 0 Å². The number of ether oxygens (including phenoxy) is 2. The monoisotopic (exact) mass is 359 g/mol. The standard InChI is InChI=1S/C18H21N3O5/c1-4-26-17-11-14(15(21(23)24)12-16(17)25-3)18(22)20(2)10-8-13-7-5-6-9-19-13/h5-7,9,11-12H,4,8,10H2,1-3H3. The van der Waals surface area contributed by atoms with Crippen molar-refractivity contribution >= 4 is 11.6 Å². The number of pyridine rings is 1. The van der Waals surface area contributed by atoms with E-state index in [1.165, 1.54) is 24.1 Å². The molecule has 0 fully saturated rings. The largest absolute Gasteiger partial charge is 0.493 e. The maximum Gasteiger partial charge on any atom is 0.286 e. The number of carbonyl (C=O) groups is 1. The molecule has 0 spiro atoms. The van der Waals surface area contributed by atoms with Crippen molar-refractivity contribution in [3.63, 3.8) is 0 Å². The first-order valence-electron chi connectivity index (χ1n) is 8.12. The average molecular weight is 359 g/mol. The van der Waals surface area contributed by atoms with Crippen molar-refractivity contribution < 1.29 is 19.2 Å². The third-order valence-electron chi connectivity index (χ3n) is 3.79. The number of rotatable bonds is 8. The molecule has 0 saturated heterocycles. The summed E-state index contributed by atoms with van der Waals surface area (Å²) in [5.41, 5.74) is 0.481. The van der Waals surface area contributed by atoms with E-state index >= 15 is 0 Å². The van der Waals surface area contributed by atoms with Gasteiger partial charge in [0.1, 0.15) is 5.56 Å². The van der Waals surface area contributed by atoms with Gasteiger partial charge in [-0.15, -0.1) is 0 Å².